The summed E-state index contributed by atoms with van der Waals surface area (Å²) in [6.45, 7) is 2.97. The lowest BCUT2D eigenvalue weighted by Crippen LogP contribution is -2.26. The lowest BCUT2D eigenvalue weighted by atomic mass is 10.1. The third kappa shape index (κ3) is 2.94. The van der Waals surface area contributed by atoms with Gasteiger partial charge in [0.2, 0.25) is 5.95 Å². The summed E-state index contributed by atoms with van der Waals surface area (Å²) in [5.74, 6) is 1.56. The largest absolute Gasteiger partial charge is 0.392 e. The van der Waals surface area contributed by atoms with Gasteiger partial charge >= 0.3 is 0 Å². The number of aliphatic hydroxyl groups is 1. The molecule has 94 valence electrons. The van der Waals surface area contributed by atoms with Crippen molar-refractivity contribution in [2.24, 2.45) is 5.92 Å². The maximum Gasteiger partial charge on any atom is 0.225 e. The average molecular weight is 235 g/mol. The lowest BCUT2D eigenvalue weighted by Gasteiger charge is -2.21. The molecule has 1 N–H and O–H groups in total. The molecule has 0 aliphatic heterocycles. The Kier molecular flexibility index (Phi) is 3.94. The Balaban J connectivity index is 2.02. The highest BCUT2D eigenvalue weighted by Gasteiger charge is 2.18. The van der Waals surface area contributed by atoms with Crippen LogP contribution in [0.3, 0.4) is 0 Å². The minimum atomic E-state index is 0.0124. The first-order valence-corrected chi connectivity index (χ1v) is 6.35. The molecule has 0 amide bonds. The van der Waals surface area contributed by atoms with Crippen LogP contribution in [-0.2, 0) is 6.61 Å². The Labute approximate surface area is 103 Å². The highest BCUT2D eigenvalue weighted by molar-refractivity contribution is 5.31. The number of rotatable bonds is 4. The van der Waals surface area contributed by atoms with Crippen molar-refractivity contribution in [3.05, 3.63) is 17.5 Å². The van der Waals surface area contributed by atoms with Gasteiger partial charge in [-0.25, -0.2) is 9.97 Å². The molecular weight excluding hydrogens is 214 g/mol. The Bertz CT molecular complexity index is 375. The van der Waals surface area contributed by atoms with E-state index in [2.05, 4.69) is 14.9 Å². The van der Waals surface area contributed by atoms with Gasteiger partial charge in [0.1, 0.15) is 0 Å². The second kappa shape index (κ2) is 5.45. The summed E-state index contributed by atoms with van der Waals surface area (Å²) in [7, 11) is 2.05. The number of anilines is 1. The normalized spacial score (nSPS) is 16.4. The van der Waals surface area contributed by atoms with Crippen LogP contribution in [0.25, 0.3) is 0 Å². The standard InChI is InChI=1S/C13H21N3O/c1-10-12(9-17)7-14-13(15-10)16(2)8-11-5-3-4-6-11/h7,11,17H,3-6,8-9H2,1-2H3. The van der Waals surface area contributed by atoms with E-state index in [0.29, 0.717) is 0 Å². The molecule has 4 nitrogen and oxygen atoms in total. The molecule has 1 aromatic rings. The van der Waals surface area contributed by atoms with E-state index < -0.39 is 0 Å². The summed E-state index contributed by atoms with van der Waals surface area (Å²) >= 11 is 0. The average Bonchev–Trinajstić information content (AvgIpc) is 2.81. The second-order valence-electron chi connectivity index (χ2n) is 4.97. The predicted octanol–water partition coefficient (Wildman–Crippen LogP) is 1.90. The van der Waals surface area contributed by atoms with E-state index in [1.54, 1.807) is 6.20 Å². The van der Waals surface area contributed by atoms with Crippen molar-refractivity contribution in [1.82, 2.24) is 9.97 Å². The molecule has 0 radical (unpaired) electrons. The number of nitrogens with zero attached hydrogens (tertiary/aromatic N) is 3. The summed E-state index contributed by atoms with van der Waals surface area (Å²) in [5, 5.41) is 9.08. The van der Waals surface area contributed by atoms with E-state index in [0.717, 1.165) is 29.7 Å². The Morgan fingerprint density at radius 1 is 1.41 bits per heavy atom. The Hall–Kier alpha value is -1.16. The molecule has 0 atom stereocenters. The fourth-order valence-corrected chi connectivity index (χ4v) is 2.48. The van der Waals surface area contributed by atoms with Crippen molar-refractivity contribution in [2.45, 2.75) is 39.2 Å². The predicted molar refractivity (Wildman–Crippen MR) is 67.9 cm³/mol. The van der Waals surface area contributed by atoms with Crippen molar-refractivity contribution in [2.75, 3.05) is 18.5 Å². The number of aromatic nitrogens is 2. The van der Waals surface area contributed by atoms with Gasteiger partial charge in [0.05, 0.1) is 6.61 Å². The topological polar surface area (TPSA) is 49.2 Å². The maximum atomic E-state index is 9.08. The summed E-state index contributed by atoms with van der Waals surface area (Å²) in [6.07, 6.45) is 7.11. The molecule has 1 aliphatic rings. The zero-order valence-electron chi connectivity index (χ0n) is 10.7. The molecule has 2 rings (SSSR count). The summed E-state index contributed by atoms with van der Waals surface area (Å²) in [5.41, 5.74) is 1.68. The molecule has 0 saturated heterocycles. The van der Waals surface area contributed by atoms with Gasteiger partial charge in [-0.15, -0.1) is 0 Å². The van der Waals surface area contributed by atoms with Crippen LogP contribution in [0.4, 0.5) is 5.95 Å². The third-order valence-corrected chi connectivity index (χ3v) is 3.59. The van der Waals surface area contributed by atoms with Gasteiger partial charge in [0, 0.05) is 31.0 Å². The summed E-state index contributed by atoms with van der Waals surface area (Å²) in [6, 6.07) is 0. The van der Waals surface area contributed by atoms with Crippen molar-refractivity contribution < 1.29 is 5.11 Å². The van der Waals surface area contributed by atoms with Crippen LogP contribution < -0.4 is 4.90 Å². The fourth-order valence-electron chi connectivity index (χ4n) is 2.48. The van der Waals surface area contributed by atoms with Crippen LogP contribution in [0.1, 0.15) is 36.9 Å². The second-order valence-corrected chi connectivity index (χ2v) is 4.97. The third-order valence-electron chi connectivity index (χ3n) is 3.59. The van der Waals surface area contributed by atoms with Gasteiger partial charge < -0.3 is 10.0 Å². The van der Waals surface area contributed by atoms with E-state index >= 15 is 0 Å². The fraction of sp³-hybridized carbons (Fsp3) is 0.692. The van der Waals surface area contributed by atoms with Crippen LogP contribution in [0.5, 0.6) is 0 Å². The number of hydrogen-bond donors (Lipinski definition) is 1. The number of aryl methyl sites for hydroxylation is 1. The van der Waals surface area contributed by atoms with Crippen molar-refractivity contribution in [1.29, 1.82) is 0 Å². The molecule has 1 fully saturated rings. The van der Waals surface area contributed by atoms with Crippen molar-refractivity contribution >= 4 is 5.95 Å². The van der Waals surface area contributed by atoms with Crippen LogP contribution in [0.15, 0.2) is 6.20 Å². The van der Waals surface area contributed by atoms with E-state index in [-0.39, 0.29) is 6.61 Å². The zero-order valence-corrected chi connectivity index (χ0v) is 10.7. The molecule has 0 bridgehead atoms. The van der Waals surface area contributed by atoms with Crippen LogP contribution in [-0.4, -0.2) is 28.7 Å². The Morgan fingerprint density at radius 3 is 2.71 bits per heavy atom. The molecule has 1 heterocycles. The number of hydrogen-bond acceptors (Lipinski definition) is 4. The van der Waals surface area contributed by atoms with Crippen LogP contribution >= 0.6 is 0 Å². The van der Waals surface area contributed by atoms with Gasteiger partial charge in [-0.1, -0.05) is 12.8 Å². The molecule has 17 heavy (non-hydrogen) atoms. The SMILES string of the molecule is Cc1nc(N(C)CC2CCCC2)ncc1CO. The molecular formula is C13H21N3O. The van der Waals surface area contributed by atoms with Gasteiger partial charge in [0.25, 0.3) is 0 Å². The first-order valence-electron chi connectivity index (χ1n) is 6.35. The quantitative estimate of drug-likeness (QED) is 0.866. The number of aliphatic hydroxyl groups excluding tert-OH is 1. The smallest absolute Gasteiger partial charge is 0.225 e. The van der Waals surface area contributed by atoms with Gasteiger partial charge in [-0.2, -0.15) is 0 Å². The molecule has 0 aromatic carbocycles. The first kappa shape index (κ1) is 12.3. The van der Waals surface area contributed by atoms with E-state index in [1.165, 1.54) is 25.7 Å². The van der Waals surface area contributed by atoms with E-state index in [9.17, 15) is 0 Å². The monoisotopic (exact) mass is 235 g/mol. The molecule has 0 unspecified atom stereocenters. The lowest BCUT2D eigenvalue weighted by molar-refractivity contribution is 0.280. The molecule has 1 aromatic heterocycles. The summed E-state index contributed by atoms with van der Waals surface area (Å²) in [4.78, 5) is 10.9. The van der Waals surface area contributed by atoms with Crippen LogP contribution in [0, 0.1) is 12.8 Å². The van der Waals surface area contributed by atoms with E-state index in [4.69, 9.17) is 5.11 Å². The maximum absolute atomic E-state index is 9.08. The molecule has 1 aliphatic carbocycles. The van der Waals surface area contributed by atoms with Crippen molar-refractivity contribution in [3.8, 4) is 0 Å². The molecule has 1 saturated carbocycles. The summed E-state index contributed by atoms with van der Waals surface area (Å²) < 4.78 is 0. The molecule has 0 spiro atoms. The highest BCUT2D eigenvalue weighted by Crippen LogP contribution is 2.26. The van der Waals surface area contributed by atoms with Gasteiger partial charge in [-0.3, -0.25) is 0 Å². The van der Waals surface area contributed by atoms with Crippen molar-refractivity contribution in [3.63, 3.8) is 0 Å². The van der Waals surface area contributed by atoms with Crippen LogP contribution in [0.2, 0.25) is 0 Å². The first-order chi connectivity index (χ1) is 8.20. The zero-order chi connectivity index (χ0) is 12.3. The minimum Gasteiger partial charge on any atom is -0.392 e. The highest BCUT2D eigenvalue weighted by atomic mass is 16.3. The Morgan fingerprint density at radius 2 is 2.12 bits per heavy atom. The van der Waals surface area contributed by atoms with Gasteiger partial charge in [-0.05, 0) is 25.7 Å². The van der Waals surface area contributed by atoms with Gasteiger partial charge in [0.15, 0.2) is 0 Å². The molecule has 4 heteroatoms. The van der Waals surface area contributed by atoms with E-state index in [1.807, 2.05) is 14.0 Å². The minimum absolute atomic E-state index is 0.0124.